The van der Waals surface area contributed by atoms with Crippen LogP contribution in [0.4, 0.5) is 0 Å². The lowest BCUT2D eigenvalue weighted by Gasteiger charge is -2.14. The quantitative estimate of drug-likeness (QED) is 0.668. The second-order valence-electron chi connectivity index (χ2n) is 5.49. The molecule has 0 fully saturated rings. The number of sulfonamides is 1. The van der Waals surface area contributed by atoms with Gasteiger partial charge in [0.1, 0.15) is 0 Å². The maximum atomic E-state index is 12.3. The molecular weight excluding hydrogens is 346 g/mol. The zero-order valence-electron chi connectivity index (χ0n) is 13.4. The molecule has 7 heteroatoms. The van der Waals surface area contributed by atoms with E-state index in [1.54, 1.807) is 11.3 Å². The van der Waals surface area contributed by atoms with Crippen molar-refractivity contribution >= 4 is 27.1 Å². The van der Waals surface area contributed by atoms with Gasteiger partial charge in [-0.2, -0.15) is 0 Å². The van der Waals surface area contributed by atoms with Gasteiger partial charge in [0.15, 0.2) is 5.78 Å². The second kappa shape index (κ2) is 8.53. The highest BCUT2D eigenvalue weighted by atomic mass is 32.2. The summed E-state index contributed by atoms with van der Waals surface area (Å²) in [5.41, 5.74) is 0.481. The number of rotatable bonds is 9. The Morgan fingerprint density at radius 3 is 2.46 bits per heavy atom. The molecule has 0 radical (unpaired) electrons. The Labute approximate surface area is 146 Å². The highest BCUT2D eigenvalue weighted by Crippen LogP contribution is 2.27. The normalized spacial score (nSPS) is 12.9. The van der Waals surface area contributed by atoms with E-state index in [2.05, 4.69) is 4.72 Å². The van der Waals surface area contributed by atoms with Gasteiger partial charge >= 0.3 is 0 Å². The Morgan fingerprint density at radius 1 is 1.21 bits per heavy atom. The maximum Gasteiger partial charge on any atom is 0.240 e. The monoisotopic (exact) mass is 367 g/mol. The smallest absolute Gasteiger partial charge is 0.240 e. The number of benzene rings is 1. The van der Waals surface area contributed by atoms with Gasteiger partial charge in [-0.1, -0.05) is 18.2 Å². The van der Waals surface area contributed by atoms with E-state index in [9.17, 15) is 18.3 Å². The van der Waals surface area contributed by atoms with Crippen LogP contribution in [0, 0.1) is 0 Å². The molecule has 0 saturated carbocycles. The van der Waals surface area contributed by atoms with E-state index in [0.29, 0.717) is 24.9 Å². The Balaban J connectivity index is 1.97. The van der Waals surface area contributed by atoms with Crippen molar-refractivity contribution in [1.82, 2.24) is 4.72 Å². The molecule has 0 unspecified atom stereocenters. The molecule has 0 spiro atoms. The third-order valence-electron chi connectivity index (χ3n) is 3.78. The summed E-state index contributed by atoms with van der Waals surface area (Å²) in [6.45, 7) is 1.80. The van der Waals surface area contributed by atoms with Gasteiger partial charge in [-0.05, 0) is 49.3 Å². The standard InChI is InChI=1S/C17H21NO4S2/c1-13(20)14-4-6-16(7-5-14)24(21,22)18-10-8-15(9-11-19)17-3-2-12-23-17/h2-7,12,15,18-19H,8-11H2,1H3/t15-/m1/s1. The average Bonchev–Trinajstić information content (AvgIpc) is 3.08. The Kier molecular flexibility index (Phi) is 6.68. The summed E-state index contributed by atoms with van der Waals surface area (Å²) in [4.78, 5) is 12.5. The van der Waals surface area contributed by atoms with Crippen LogP contribution in [-0.2, 0) is 10.0 Å². The number of hydrogen-bond acceptors (Lipinski definition) is 5. The molecule has 1 atom stereocenters. The van der Waals surface area contributed by atoms with E-state index in [1.807, 2.05) is 17.5 Å². The second-order valence-corrected chi connectivity index (χ2v) is 8.24. The van der Waals surface area contributed by atoms with Crippen molar-refractivity contribution in [1.29, 1.82) is 0 Å². The number of Topliss-reactive ketones (excluding diaryl/α,β-unsaturated/α-hetero) is 1. The minimum absolute atomic E-state index is 0.0713. The predicted octanol–water partition coefficient (Wildman–Crippen LogP) is 2.79. The van der Waals surface area contributed by atoms with Crippen molar-refractivity contribution in [3.63, 3.8) is 0 Å². The predicted molar refractivity (Wildman–Crippen MR) is 95.0 cm³/mol. The third kappa shape index (κ3) is 4.98. The molecule has 2 rings (SSSR count). The fourth-order valence-corrected chi connectivity index (χ4v) is 4.38. The van der Waals surface area contributed by atoms with Gasteiger partial charge < -0.3 is 5.11 Å². The van der Waals surface area contributed by atoms with Crippen molar-refractivity contribution in [2.75, 3.05) is 13.2 Å². The molecule has 2 N–H and O–H groups in total. The lowest BCUT2D eigenvalue weighted by atomic mass is 10.0. The molecule has 2 aromatic rings. The first-order valence-corrected chi connectivity index (χ1v) is 10.1. The van der Waals surface area contributed by atoms with E-state index in [-0.39, 0.29) is 23.2 Å². The highest BCUT2D eigenvalue weighted by Gasteiger charge is 2.17. The summed E-state index contributed by atoms with van der Waals surface area (Å²) in [5, 5.41) is 11.2. The number of carbonyl (C=O) groups excluding carboxylic acids is 1. The zero-order chi connectivity index (χ0) is 17.6. The topological polar surface area (TPSA) is 83.5 Å². The summed E-state index contributed by atoms with van der Waals surface area (Å²) >= 11 is 1.61. The van der Waals surface area contributed by atoms with E-state index in [4.69, 9.17) is 0 Å². The molecule has 24 heavy (non-hydrogen) atoms. The minimum atomic E-state index is -3.60. The third-order valence-corrected chi connectivity index (χ3v) is 6.29. The van der Waals surface area contributed by atoms with Crippen molar-refractivity contribution < 1.29 is 18.3 Å². The fourth-order valence-electron chi connectivity index (χ4n) is 2.43. The Hall–Kier alpha value is -1.54. The van der Waals surface area contributed by atoms with Crippen molar-refractivity contribution in [2.24, 2.45) is 0 Å². The van der Waals surface area contributed by atoms with Crippen LogP contribution >= 0.6 is 11.3 Å². The van der Waals surface area contributed by atoms with Crippen LogP contribution < -0.4 is 4.72 Å². The SMILES string of the molecule is CC(=O)c1ccc(S(=O)(=O)NCC[C@H](CCO)c2cccs2)cc1. The summed E-state index contributed by atoms with van der Waals surface area (Å²) in [6, 6.07) is 9.84. The zero-order valence-corrected chi connectivity index (χ0v) is 15.1. The molecule has 1 heterocycles. The first-order chi connectivity index (χ1) is 11.4. The molecule has 0 saturated heterocycles. The van der Waals surface area contributed by atoms with Crippen LogP contribution in [0.1, 0.15) is 40.9 Å². The molecule has 0 aliphatic rings. The van der Waals surface area contributed by atoms with E-state index < -0.39 is 10.0 Å². The number of hydrogen-bond donors (Lipinski definition) is 2. The first kappa shape index (κ1) is 18.8. The number of carbonyl (C=O) groups is 1. The van der Waals surface area contributed by atoms with Crippen molar-refractivity contribution in [3.8, 4) is 0 Å². The maximum absolute atomic E-state index is 12.3. The largest absolute Gasteiger partial charge is 0.396 e. The van der Waals surface area contributed by atoms with E-state index in [1.165, 1.54) is 31.2 Å². The minimum Gasteiger partial charge on any atom is -0.396 e. The van der Waals surface area contributed by atoms with Gasteiger partial charge in [0.2, 0.25) is 10.0 Å². The van der Waals surface area contributed by atoms with E-state index >= 15 is 0 Å². The van der Waals surface area contributed by atoms with Gasteiger partial charge in [-0.25, -0.2) is 13.1 Å². The lowest BCUT2D eigenvalue weighted by molar-refractivity contribution is 0.101. The molecule has 0 aliphatic heterocycles. The van der Waals surface area contributed by atoms with Crippen LogP contribution in [0.5, 0.6) is 0 Å². The van der Waals surface area contributed by atoms with Gasteiger partial charge in [0.05, 0.1) is 4.90 Å². The summed E-state index contributed by atoms with van der Waals surface area (Å²) in [7, 11) is -3.60. The van der Waals surface area contributed by atoms with Gasteiger partial charge in [0, 0.05) is 23.6 Å². The fraction of sp³-hybridized carbons (Fsp3) is 0.353. The van der Waals surface area contributed by atoms with Crippen LogP contribution in [0.2, 0.25) is 0 Å². The van der Waals surface area contributed by atoms with Crippen LogP contribution in [0.3, 0.4) is 0 Å². The Bertz CT molecular complexity index is 752. The van der Waals surface area contributed by atoms with Crippen LogP contribution in [-0.4, -0.2) is 32.5 Å². The molecular formula is C17H21NO4S2. The number of ketones is 1. The molecule has 1 aromatic heterocycles. The molecule has 1 aromatic carbocycles. The van der Waals surface area contributed by atoms with Crippen LogP contribution in [0.25, 0.3) is 0 Å². The van der Waals surface area contributed by atoms with Crippen molar-refractivity contribution in [2.45, 2.75) is 30.6 Å². The van der Waals surface area contributed by atoms with Gasteiger partial charge in [-0.3, -0.25) is 4.79 Å². The lowest BCUT2D eigenvalue weighted by Crippen LogP contribution is -2.26. The molecule has 130 valence electrons. The van der Waals surface area contributed by atoms with Crippen LogP contribution in [0.15, 0.2) is 46.7 Å². The molecule has 5 nitrogen and oxygen atoms in total. The summed E-state index contributed by atoms with van der Waals surface area (Å²) in [6.07, 6.45) is 1.22. The average molecular weight is 367 g/mol. The number of thiophene rings is 1. The summed E-state index contributed by atoms with van der Waals surface area (Å²) < 4.78 is 27.2. The van der Waals surface area contributed by atoms with E-state index in [0.717, 1.165) is 4.88 Å². The highest BCUT2D eigenvalue weighted by molar-refractivity contribution is 7.89. The van der Waals surface area contributed by atoms with Gasteiger partial charge in [0.25, 0.3) is 0 Å². The van der Waals surface area contributed by atoms with Gasteiger partial charge in [-0.15, -0.1) is 11.3 Å². The summed E-state index contributed by atoms with van der Waals surface area (Å²) in [5.74, 6) is 0.0347. The molecule has 0 bridgehead atoms. The number of aliphatic hydroxyl groups is 1. The molecule has 0 aliphatic carbocycles. The Morgan fingerprint density at radius 2 is 1.92 bits per heavy atom. The number of nitrogens with one attached hydrogen (secondary N) is 1. The van der Waals surface area contributed by atoms with Crippen molar-refractivity contribution in [3.05, 3.63) is 52.2 Å². The first-order valence-electron chi connectivity index (χ1n) is 7.69. The molecule has 0 amide bonds. The number of aliphatic hydroxyl groups excluding tert-OH is 1.